The summed E-state index contributed by atoms with van der Waals surface area (Å²) in [7, 11) is 0. The fourth-order valence-electron chi connectivity index (χ4n) is 1.62. The Morgan fingerprint density at radius 2 is 1.30 bits per heavy atom. The lowest BCUT2D eigenvalue weighted by atomic mass is 10.0. The van der Waals surface area contributed by atoms with Gasteiger partial charge in [-0.15, -0.1) is 0 Å². The van der Waals surface area contributed by atoms with E-state index >= 15 is 0 Å². The van der Waals surface area contributed by atoms with Crippen LogP contribution in [0.2, 0.25) is 0 Å². The third-order valence-electron chi connectivity index (χ3n) is 2.91. The molecule has 0 spiro atoms. The van der Waals surface area contributed by atoms with Crippen molar-refractivity contribution in [3.8, 4) is 16.9 Å². The van der Waals surface area contributed by atoms with Crippen molar-refractivity contribution in [2.45, 2.75) is 13.8 Å². The van der Waals surface area contributed by atoms with Gasteiger partial charge in [0.25, 0.3) is 0 Å². The number of benzene rings is 2. The van der Waals surface area contributed by atoms with Gasteiger partial charge in [0.1, 0.15) is 5.75 Å². The average Bonchev–Trinajstić information content (AvgIpc) is 2.56. The first-order valence-electron chi connectivity index (χ1n) is 7.10. The zero-order chi connectivity index (χ0) is 17.2. The molecule has 0 fully saturated rings. The van der Waals surface area contributed by atoms with Crippen molar-refractivity contribution < 1.29 is 14.3 Å². The Bertz CT molecular complexity index is 680. The van der Waals surface area contributed by atoms with Gasteiger partial charge in [0.2, 0.25) is 0 Å². The van der Waals surface area contributed by atoms with E-state index in [1.54, 1.807) is 12.1 Å². The summed E-state index contributed by atoms with van der Waals surface area (Å²) < 4.78 is 5.02. The third kappa shape index (κ3) is 6.57. The molecule has 3 nitrogen and oxygen atoms in total. The quantitative estimate of drug-likeness (QED) is 0.474. The molecule has 0 N–H and O–H groups in total. The average molecular weight is 308 g/mol. The lowest BCUT2D eigenvalue weighted by molar-refractivity contribution is -0.129. The summed E-state index contributed by atoms with van der Waals surface area (Å²) in [4.78, 5) is 20.7. The number of esters is 1. The van der Waals surface area contributed by atoms with Crippen LogP contribution in [0.25, 0.3) is 11.1 Å². The lowest BCUT2D eigenvalue weighted by Gasteiger charge is -2.04. The summed E-state index contributed by atoms with van der Waals surface area (Å²) in [5, 5.41) is 0. The minimum atomic E-state index is -0.446. The van der Waals surface area contributed by atoms with Crippen LogP contribution in [0.15, 0.2) is 73.8 Å². The maximum atomic E-state index is 11.0. The number of carbonyl (C=O) groups excluding carboxylic acids is 2. The van der Waals surface area contributed by atoms with E-state index in [9.17, 15) is 9.59 Å². The minimum Gasteiger partial charge on any atom is -0.423 e. The number of allylic oxidation sites excluding steroid dienone is 1. The Balaban J connectivity index is 0.000000463. The Morgan fingerprint density at radius 3 is 1.70 bits per heavy atom. The molecule has 0 saturated carbocycles. The first kappa shape index (κ1) is 18.1. The normalized spacial score (nSPS) is 9.13. The van der Waals surface area contributed by atoms with Crippen molar-refractivity contribution in [1.82, 2.24) is 0 Å². The van der Waals surface area contributed by atoms with E-state index in [0.717, 1.165) is 17.2 Å². The number of ketones is 1. The number of ether oxygens (including phenoxy) is 1. The fraction of sp³-hybridized carbons (Fsp3) is 0.100. The fourth-order valence-corrected chi connectivity index (χ4v) is 1.62. The monoisotopic (exact) mass is 308 g/mol. The second-order valence-electron chi connectivity index (χ2n) is 4.83. The summed E-state index contributed by atoms with van der Waals surface area (Å²) in [6.45, 7) is 10.1. The van der Waals surface area contributed by atoms with Gasteiger partial charge >= 0.3 is 5.97 Å². The van der Waals surface area contributed by atoms with Gasteiger partial charge in [0.05, 0.1) is 0 Å². The molecule has 0 unspecified atom stereocenters. The van der Waals surface area contributed by atoms with E-state index in [2.05, 4.69) is 44.3 Å². The molecule has 0 bridgehead atoms. The number of carbonyl (C=O) groups is 2. The zero-order valence-corrected chi connectivity index (χ0v) is 13.4. The molecule has 2 aromatic rings. The van der Waals surface area contributed by atoms with Gasteiger partial charge in [-0.2, -0.15) is 0 Å². The molecule has 118 valence electrons. The van der Waals surface area contributed by atoms with Gasteiger partial charge in [-0.25, -0.2) is 4.79 Å². The largest absolute Gasteiger partial charge is 0.423 e. The summed E-state index contributed by atoms with van der Waals surface area (Å²) in [6, 6.07) is 15.7. The van der Waals surface area contributed by atoms with E-state index in [4.69, 9.17) is 4.74 Å². The summed E-state index contributed by atoms with van der Waals surface area (Å²) in [6.07, 6.45) is 2.42. The van der Waals surface area contributed by atoms with Gasteiger partial charge in [0.15, 0.2) is 5.78 Å². The molecule has 0 aliphatic heterocycles. The molecule has 0 atom stereocenters. The smallest absolute Gasteiger partial charge is 0.335 e. The molecule has 0 heterocycles. The summed E-state index contributed by atoms with van der Waals surface area (Å²) >= 11 is 0. The van der Waals surface area contributed by atoms with Gasteiger partial charge in [-0.05, 0) is 43.2 Å². The lowest BCUT2D eigenvalue weighted by Crippen LogP contribution is -2.02. The highest BCUT2D eigenvalue weighted by atomic mass is 16.5. The Kier molecular flexibility index (Phi) is 7.21. The molecule has 3 heteroatoms. The van der Waals surface area contributed by atoms with Crippen LogP contribution < -0.4 is 4.74 Å². The standard InChI is InChI=1S/C16H14O2.C4H6O/c1-3-16(17)18-15-10-8-14(9-11-15)13-6-4-12(2)5-7-13;1-3-4(2)5/h3-11H,1H2,2H3;3H,1H2,2H3. The Labute approximate surface area is 136 Å². The van der Waals surface area contributed by atoms with Crippen LogP contribution in [0.3, 0.4) is 0 Å². The topological polar surface area (TPSA) is 43.4 Å². The minimum absolute atomic E-state index is 0.0185. The third-order valence-corrected chi connectivity index (χ3v) is 2.91. The van der Waals surface area contributed by atoms with Crippen LogP contribution in [0, 0.1) is 6.92 Å². The van der Waals surface area contributed by atoms with Crippen LogP contribution in [0.5, 0.6) is 5.75 Å². The molecule has 23 heavy (non-hydrogen) atoms. The van der Waals surface area contributed by atoms with Crippen LogP contribution in [-0.4, -0.2) is 11.8 Å². The van der Waals surface area contributed by atoms with Gasteiger partial charge in [0, 0.05) is 6.08 Å². The predicted molar refractivity (Wildman–Crippen MR) is 93.3 cm³/mol. The number of hydrogen-bond acceptors (Lipinski definition) is 3. The molecule has 2 aromatic carbocycles. The van der Waals surface area contributed by atoms with Gasteiger partial charge < -0.3 is 4.74 Å². The van der Waals surface area contributed by atoms with Crippen LogP contribution in [-0.2, 0) is 9.59 Å². The molecule has 0 radical (unpaired) electrons. The van der Waals surface area contributed by atoms with E-state index in [-0.39, 0.29) is 5.78 Å². The molecule has 0 amide bonds. The predicted octanol–water partition coefficient (Wildman–Crippen LogP) is 4.51. The van der Waals surface area contributed by atoms with Crippen molar-refractivity contribution in [2.24, 2.45) is 0 Å². The van der Waals surface area contributed by atoms with Gasteiger partial charge in [-0.1, -0.05) is 55.1 Å². The molecule has 0 aliphatic carbocycles. The van der Waals surface area contributed by atoms with Crippen LogP contribution >= 0.6 is 0 Å². The number of aryl methyl sites for hydroxylation is 1. The van der Waals surface area contributed by atoms with E-state index in [1.807, 2.05) is 12.1 Å². The maximum Gasteiger partial charge on any atom is 0.335 e. The van der Waals surface area contributed by atoms with Gasteiger partial charge in [-0.3, -0.25) is 4.79 Å². The van der Waals surface area contributed by atoms with E-state index < -0.39 is 5.97 Å². The van der Waals surface area contributed by atoms with E-state index in [1.165, 1.54) is 18.6 Å². The first-order valence-corrected chi connectivity index (χ1v) is 7.10. The first-order chi connectivity index (χ1) is 11.0. The highest BCUT2D eigenvalue weighted by molar-refractivity contribution is 5.86. The molecule has 0 aliphatic rings. The Morgan fingerprint density at radius 1 is 0.870 bits per heavy atom. The van der Waals surface area contributed by atoms with Crippen molar-refractivity contribution in [1.29, 1.82) is 0 Å². The summed E-state index contributed by atoms with van der Waals surface area (Å²) in [5.74, 6) is 0.0962. The van der Waals surface area contributed by atoms with Crippen LogP contribution in [0.4, 0.5) is 0 Å². The SMILES string of the molecule is C=CC(=O)Oc1ccc(-c2ccc(C)cc2)cc1.C=CC(C)=O. The molecule has 0 saturated heterocycles. The highest BCUT2D eigenvalue weighted by Gasteiger charge is 2.01. The molecular weight excluding hydrogens is 288 g/mol. The molecule has 0 aromatic heterocycles. The second-order valence-corrected chi connectivity index (χ2v) is 4.83. The number of hydrogen-bond donors (Lipinski definition) is 0. The van der Waals surface area contributed by atoms with Crippen molar-refractivity contribution >= 4 is 11.8 Å². The van der Waals surface area contributed by atoms with Crippen LogP contribution in [0.1, 0.15) is 12.5 Å². The molecular formula is C20H20O3. The Hall–Kier alpha value is -2.94. The van der Waals surface area contributed by atoms with E-state index in [0.29, 0.717) is 5.75 Å². The maximum absolute atomic E-state index is 11.0. The van der Waals surface area contributed by atoms with Crippen molar-refractivity contribution in [2.75, 3.05) is 0 Å². The molecule has 2 rings (SSSR count). The zero-order valence-electron chi connectivity index (χ0n) is 13.4. The second kappa shape index (κ2) is 9.15. The van der Waals surface area contributed by atoms with Crippen molar-refractivity contribution in [3.63, 3.8) is 0 Å². The summed E-state index contributed by atoms with van der Waals surface area (Å²) in [5.41, 5.74) is 3.46. The van der Waals surface area contributed by atoms with Crippen molar-refractivity contribution in [3.05, 3.63) is 79.4 Å². The highest BCUT2D eigenvalue weighted by Crippen LogP contribution is 2.22. The number of rotatable bonds is 4.